The van der Waals surface area contributed by atoms with E-state index >= 15 is 0 Å². The van der Waals surface area contributed by atoms with E-state index in [1.165, 1.54) is 0 Å². The zero-order valence-electron chi connectivity index (χ0n) is 10.0. The Bertz CT molecular complexity index is 584. The number of aryl methyl sites for hydroxylation is 2. The Labute approximate surface area is 114 Å². The first-order valence-corrected chi connectivity index (χ1v) is 6.98. The smallest absolute Gasteiger partial charge is 0.194 e. The Morgan fingerprint density at radius 2 is 1.88 bits per heavy atom. The lowest BCUT2D eigenvalue weighted by Crippen LogP contribution is -2.04. The van der Waals surface area contributed by atoms with Gasteiger partial charge in [-0.25, -0.2) is 0 Å². The van der Waals surface area contributed by atoms with Crippen molar-refractivity contribution in [2.45, 2.75) is 20.8 Å². The molecule has 88 valence electrons. The van der Waals surface area contributed by atoms with Crippen LogP contribution < -0.4 is 0 Å². The van der Waals surface area contributed by atoms with Gasteiger partial charge in [0.15, 0.2) is 5.78 Å². The molecule has 1 heterocycles. The average Bonchev–Trinajstić information content (AvgIpc) is 2.61. The quantitative estimate of drug-likeness (QED) is 0.737. The zero-order valence-corrected chi connectivity index (χ0v) is 12.4. The summed E-state index contributed by atoms with van der Waals surface area (Å²) in [4.78, 5) is 13.5. The number of carbonyl (C=O) groups excluding carboxylic acids is 1. The van der Waals surface area contributed by atoms with Crippen LogP contribution in [-0.2, 0) is 0 Å². The number of hydrogen-bond donors (Lipinski definition) is 0. The van der Waals surface area contributed by atoms with E-state index in [2.05, 4.69) is 15.9 Å². The van der Waals surface area contributed by atoms with Gasteiger partial charge in [-0.15, -0.1) is 11.3 Å². The summed E-state index contributed by atoms with van der Waals surface area (Å²) in [7, 11) is 0. The van der Waals surface area contributed by atoms with Crippen molar-refractivity contribution < 1.29 is 4.79 Å². The molecule has 2 rings (SSSR count). The van der Waals surface area contributed by atoms with Gasteiger partial charge in [-0.3, -0.25) is 4.79 Å². The molecule has 2 aromatic rings. The van der Waals surface area contributed by atoms with Crippen LogP contribution in [0, 0.1) is 20.8 Å². The highest BCUT2D eigenvalue weighted by atomic mass is 79.9. The van der Waals surface area contributed by atoms with E-state index in [1.54, 1.807) is 11.3 Å². The maximum atomic E-state index is 12.4. The first-order chi connectivity index (χ1) is 8.00. The molecular weight excluding hydrogens is 296 g/mol. The van der Waals surface area contributed by atoms with E-state index in [4.69, 9.17) is 0 Å². The molecule has 0 N–H and O–H groups in total. The van der Waals surface area contributed by atoms with Crippen molar-refractivity contribution in [2.75, 3.05) is 0 Å². The van der Waals surface area contributed by atoms with Crippen LogP contribution in [0.1, 0.15) is 31.9 Å². The fourth-order valence-electron chi connectivity index (χ4n) is 1.81. The number of thiophene rings is 1. The molecule has 0 saturated heterocycles. The summed E-state index contributed by atoms with van der Waals surface area (Å²) < 4.78 is 1.00. The summed E-state index contributed by atoms with van der Waals surface area (Å²) in [6.07, 6.45) is 0. The highest BCUT2D eigenvalue weighted by Crippen LogP contribution is 2.29. The predicted octanol–water partition coefficient (Wildman–Crippen LogP) is 4.67. The van der Waals surface area contributed by atoms with Crippen molar-refractivity contribution in [3.05, 3.63) is 55.2 Å². The molecular formula is C14H13BrOS. The van der Waals surface area contributed by atoms with Crippen LogP contribution in [0.15, 0.2) is 28.1 Å². The summed E-state index contributed by atoms with van der Waals surface area (Å²) in [6.45, 7) is 6.01. The third-order valence-electron chi connectivity index (χ3n) is 2.98. The van der Waals surface area contributed by atoms with Gasteiger partial charge >= 0.3 is 0 Å². The van der Waals surface area contributed by atoms with Gasteiger partial charge in [0.1, 0.15) is 0 Å². The molecule has 0 spiro atoms. The molecule has 0 aliphatic rings. The van der Waals surface area contributed by atoms with Crippen molar-refractivity contribution in [1.82, 2.24) is 0 Å². The average molecular weight is 309 g/mol. The molecule has 0 bridgehead atoms. The lowest BCUT2D eigenvalue weighted by molar-refractivity contribution is 0.103. The standard InChI is InChI=1S/C14H13BrOS/c1-8-5-4-6-11(9(8)2)14(16)12-7-13(15)17-10(12)3/h4-7H,1-3H3. The number of carbonyl (C=O) groups is 1. The summed E-state index contributed by atoms with van der Waals surface area (Å²) in [5, 5.41) is 0. The second-order valence-corrected chi connectivity index (χ2v) is 6.73. The van der Waals surface area contributed by atoms with Gasteiger partial charge in [0.25, 0.3) is 0 Å². The topological polar surface area (TPSA) is 17.1 Å². The molecule has 17 heavy (non-hydrogen) atoms. The number of rotatable bonds is 2. The van der Waals surface area contributed by atoms with E-state index in [-0.39, 0.29) is 5.78 Å². The molecule has 0 unspecified atom stereocenters. The minimum Gasteiger partial charge on any atom is -0.289 e. The highest BCUT2D eigenvalue weighted by molar-refractivity contribution is 9.11. The molecule has 0 aliphatic heterocycles. The van der Waals surface area contributed by atoms with Gasteiger partial charge < -0.3 is 0 Å². The first-order valence-electron chi connectivity index (χ1n) is 5.37. The van der Waals surface area contributed by atoms with Crippen LogP contribution in [0.3, 0.4) is 0 Å². The summed E-state index contributed by atoms with van der Waals surface area (Å²) in [5.74, 6) is 0.116. The fraction of sp³-hybridized carbons (Fsp3) is 0.214. The molecule has 1 aromatic heterocycles. The van der Waals surface area contributed by atoms with Crippen molar-refractivity contribution in [2.24, 2.45) is 0 Å². The molecule has 0 aliphatic carbocycles. The predicted molar refractivity (Wildman–Crippen MR) is 76.1 cm³/mol. The van der Waals surface area contributed by atoms with Crippen LogP contribution in [0.4, 0.5) is 0 Å². The Kier molecular flexibility index (Phi) is 3.50. The molecule has 1 aromatic carbocycles. The van der Waals surface area contributed by atoms with Crippen molar-refractivity contribution in [3.8, 4) is 0 Å². The zero-order chi connectivity index (χ0) is 12.6. The largest absolute Gasteiger partial charge is 0.289 e. The van der Waals surface area contributed by atoms with E-state index in [1.807, 2.05) is 45.0 Å². The fourth-order valence-corrected chi connectivity index (χ4v) is 3.50. The number of ketones is 1. The van der Waals surface area contributed by atoms with Crippen LogP contribution in [-0.4, -0.2) is 5.78 Å². The van der Waals surface area contributed by atoms with Gasteiger partial charge in [-0.2, -0.15) is 0 Å². The molecule has 0 saturated carbocycles. The monoisotopic (exact) mass is 308 g/mol. The summed E-state index contributed by atoms with van der Waals surface area (Å²) in [6, 6.07) is 7.77. The number of halogens is 1. The van der Waals surface area contributed by atoms with Gasteiger partial charge in [0.05, 0.1) is 3.79 Å². The van der Waals surface area contributed by atoms with Crippen molar-refractivity contribution in [1.29, 1.82) is 0 Å². The Morgan fingerprint density at radius 1 is 1.18 bits per heavy atom. The van der Waals surface area contributed by atoms with E-state index in [9.17, 15) is 4.79 Å². The van der Waals surface area contributed by atoms with Gasteiger partial charge in [-0.1, -0.05) is 18.2 Å². The number of hydrogen-bond acceptors (Lipinski definition) is 2. The lowest BCUT2D eigenvalue weighted by atomic mass is 9.97. The molecule has 0 atom stereocenters. The third kappa shape index (κ3) is 2.35. The summed E-state index contributed by atoms with van der Waals surface area (Å²) >= 11 is 5.02. The molecule has 3 heteroatoms. The molecule has 0 amide bonds. The SMILES string of the molecule is Cc1cccc(C(=O)c2cc(Br)sc2C)c1C. The van der Waals surface area contributed by atoms with Gasteiger partial charge in [-0.05, 0) is 53.9 Å². The Morgan fingerprint density at radius 3 is 2.47 bits per heavy atom. The van der Waals surface area contributed by atoms with Crippen LogP contribution in [0.2, 0.25) is 0 Å². The van der Waals surface area contributed by atoms with Gasteiger partial charge in [0, 0.05) is 16.0 Å². The summed E-state index contributed by atoms with van der Waals surface area (Å²) in [5.41, 5.74) is 3.83. The Balaban J connectivity index is 2.51. The second kappa shape index (κ2) is 4.75. The van der Waals surface area contributed by atoms with Gasteiger partial charge in [0.2, 0.25) is 0 Å². The van der Waals surface area contributed by atoms with Crippen LogP contribution in [0.25, 0.3) is 0 Å². The molecule has 0 radical (unpaired) electrons. The normalized spacial score (nSPS) is 10.6. The van der Waals surface area contributed by atoms with E-state index in [0.717, 1.165) is 30.9 Å². The number of benzene rings is 1. The Hall–Kier alpha value is -0.930. The maximum absolute atomic E-state index is 12.4. The van der Waals surface area contributed by atoms with Crippen LogP contribution in [0.5, 0.6) is 0 Å². The molecule has 1 nitrogen and oxygen atoms in total. The first kappa shape index (κ1) is 12.5. The maximum Gasteiger partial charge on any atom is 0.194 e. The minimum atomic E-state index is 0.116. The highest BCUT2D eigenvalue weighted by Gasteiger charge is 2.16. The van der Waals surface area contributed by atoms with Crippen molar-refractivity contribution >= 4 is 33.0 Å². The molecule has 0 fully saturated rings. The van der Waals surface area contributed by atoms with Crippen molar-refractivity contribution in [3.63, 3.8) is 0 Å². The van der Waals surface area contributed by atoms with E-state index in [0.29, 0.717) is 0 Å². The second-order valence-electron chi connectivity index (χ2n) is 4.10. The minimum absolute atomic E-state index is 0.116. The van der Waals surface area contributed by atoms with Crippen LogP contribution >= 0.6 is 27.3 Å². The van der Waals surface area contributed by atoms with E-state index < -0.39 is 0 Å². The lowest BCUT2D eigenvalue weighted by Gasteiger charge is -2.07. The third-order valence-corrected chi connectivity index (χ3v) is 4.54.